The van der Waals surface area contributed by atoms with Crippen LogP contribution in [0.5, 0.6) is 11.5 Å². The summed E-state index contributed by atoms with van der Waals surface area (Å²) < 4.78 is 18.4. The van der Waals surface area contributed by atoms with Gasteiger partial charge in [-0.2, -0.15) is 0 Å². The molecule has 0 amide bonds. The van der Waals surface area contributed by atoms with Crippen LogP contribution in [0, 0.1) is 3.57 Å². The average Bonchev–Trinajstić information content (AvgIpc) is 2.99. The lowest BCUT2D eigenvalue weighted by Crippen LogP contribution is -2.06. The van der Waals surface area contributed by atoms with E-state index in [2.05, 4.69) is 43.5 Å². The van der Waals surface area contributed by atoms with Crippen LogP contribution in [-0.2, 0) is 9.53 Å². The van der Waals surface area contributed by atoms with E-state index in [4.69, 9.17) is 14.2 Å². The third-order valence-corrected chi connectivity index (χ3v) is 5.98. The molecule has 2 aromatic rings. The summed E-state index contributed by atoms with van der Waals surface area (Å²) >= 11 is 5.69. The summed E-state index contributed by atoms with van der Waals surface area (Å²) in [6.45, 7) is 3.89. The van der Waals surface area contributed by atoms with Crippen LogP contribution in [0.3, 0.4) is 0 Å². The molecule has 7 heteroatoms. The van der Waals surface area contributed by atoms with Gasteiger partial charge in [0.05, 0.1) is 13.2 Å². The van der Waals surface area contributed by atoms with Gasteiger partial charge < -0.3 is 14.2 Å². The van der Waals surface area contributed by atoms with Gasteiger partial charge in [0.15, 0.2) is 17.2 Å². The summed E-state index contributed by atoms with van der Waals surface area (Å²) in [5, 5.41) is 0. The SMILES string of the molecule is COc1cc(/C=C2\N=C(c3ccc(I)c(Br)c3)OC2=O)ccc1OC(C)C. The smallest absolute Gasteiger partial charge is 0.363 e. The molecule has 0 saturated carbocycles. The maximum absolute atomic E-state index is 12.2. The highest BCUT2D eigenvalue weighted by molar-refractivity contribution is 14.1. The van der Waals surface area contributed by atoms with E-state index >= 15 is 0 Å². The minimum Gasteiger partial charge on any atom is -0.493 e. The van der Waals surface area contributed by atoms with Gasteiger partial charge >= 0.3 is 5.97 Å². The summed E-state index contributed by atoms with van der Waals surface area (Å²) in [7, 11) is 1.58. The fourth-order valence-corrected chi connectivity index (χ4v) is 3.16. The molecule has 3 rings (SSSR count). The van der Waals surface area contributed by atoms with Crippen molar-refractivity contribution in [1.29, 1.82) is 0 Å². The van der Waals surface area contributed by atoms with Gasteiger partial charge in [0.25, 0.3) is 0 Å². The molecule has 2 aromatic carbocycles. The van der Waals surface area contributed by atoms with Crippen LogP contribution < -0.4 is 9.47 Å². The molecule has 0 atom stereocenters. The first-order valence-corrected chi connectivity index (χ1v) is 10.1. The molecule has 0 fully saturated rings. The maximum Gasteiger partial charge on any atom is 0.363 e. The highest BCUT2D eigenvalue weighted by Crippen LogP contribution is 2.31. The predicted molar refractivity (Wildman–Crippen MR) is 116 cm³/mol. The van der Waals surface area contributed by atoms with Gasteiger partial charge in [-0.05, 0) is 94.3 Å². The molecule has 0 aromatic heterocycles. The van der Waals surface area contributed by atoms with E-state index in [1.807, 2.05) is 44.2 Å². The summed E-state index contributed by atoms with van der Waals surface area (Å²) in [4.78, 5) is 16.5. The minimum atomic E-state index is -0.485. The maximum atomic E-state index is 12.2. The zero-order valence-corrected chi connectivity index (χ0v) is 18.7. The summed E-state index contributed by atoms with van der Waals surface area (Å²) in [6, 6.07) is 11.1. The van der Waals surface area contributed by atoms with Crippen molar-refractivity contribution in [3.8, 4) is 11.5 Å². The van der Waals surface area contributed by atoms with Crippen molar-refractivity contribution in [2.45, 2.75) is 20.0 Å². The number of aliphatic imine (C=N–C) groups is 1. The molecule has 27 heavy (non-hydrogen) atoms. The van der Waals surface area contributed by atoms with Crippen LogP contribution in [0.25, 0.3) is 6.08 Å². The normalized spacial score (nSPS) is 15.1. The Morgan fingerprint density at radius 3 is 2.63 bits per heavy atom. The van der Waals surface area contributed by atoms with Crippen molar-refractivity contribution in [1.82, 2.24) is 0 Å². The fourth-order valence-electron chi connectivity index (χ4n) is 2.44. The molecule has 1 aliphatic rings. The Labute approximate surface area is 179 Å². The molecule has 5 nitrogen and oxygen atoms in total. The van der Waals surface area contributed by atoms with E-state index < -0.39 is 5.97 Å². The zero-order valence-electron chi connectivity index (χ0n) is 15.0. The highest BCUT2D eigenvalue weighted by Gasteiger charge is 2.24. The number of carbonyl (C=O) groups excluding carboxylic acids is 1. The van der Waals surface area contributed by atoms with Crippen LogP contribution in [0.2, 0.25) is 0 Å². The van der Waals surface area contributed by atoms with E-state index in [1.54, 1.807) is 19.3 Å². The summed E-state index contributed by atoms with van der Waals surface area (Å²) in [5.74, 6) is 1.04. The van der Waals surface area contributed by atoms with Crippen molar-refractivity contribution >= 4 is 56.5 Å². The molecule has 0 unspecified atom stereocenters. The molecule has 0 spiro atoms. The van der Waals surface area contributed by atoms with Crippen LogP contribution in [0.1, 0.15) is 25.0 Å². The Hall–Kier alpha value is -1.87. The minimum absolute atomic E-state index is 0.0355. The molecule has 0 bridgehead atoms. The van der Waals surface area contributed by atoms with Crippen molar-refractivity contribution in [2.75, 3.05) is 7.11 Å². The number of nitrogens with zero attached hydrogens (tertiary/aromatic N) is 1. The number of benzene rings is 2. The number of hydrogen-bond acceptors (Lipinski definition) is 5. The molecule has 1 aliphatic heterocycles. The monoisotopic (exact) mass is 541 g/mol. The number of halogens is 2. The van der Waals surface area contributed by atoms with Gasteiger partial charge in [-0.15, -0.1) is 0 Å². The first-order chi connectivity index (χ1) is 12.9. The molecule has 1 heterocycles. The summed E-state index contributed by atoms with van der Waals surface area (Å²) in [6.07, 6.45) is 1.70. The van der Waals surface area contributed by atoms with Crippen LogP contribution in [-0.4, -0.2) is 25.1 Å². The lowest BCUT2D eigenvalue weighted by atomic mass is 10.1. The number of hydrogen-bond donors (Lipinski definition) is 0. The molecule has 0 radical (unpaired) electrons. The Morgan fingerprint density at radius 2 is 1.96 bits per heavy atom. The van der Waals surface area contributed by atoms with Gasteiger partial charge in [-0.1, -0.05) is 6.07 Å². The lowest BCUT2D eigenvalue weighted by Gasteiger charge is -2.13. The number of esters is 1. The quantitative estimate of drug-likeness (QED) is 0.297. The Morgan fingerprint density at radius 1 is 1.19 bits per heavy atom. The van der Waals surface area contributed by atoms with Gasteiger partial charge in [-0.3, -0.25) is 0 Å². The first-order valence-electron chi connectivity index (χ1n) is 8.20. The van der Waals surface area contributed by atoms with Gasteiger partial charge in [0.1, 0.15) is 0 Å². The van der Waals surface area contributed by atoms with E-state index in [0.29, 0.717) is 11.5 Å². The van der Waals surface area contributed by atoms with Crippen LogP contribution >= 0.6 is 38.5 Å². The van der Waals surface area contributed by atoms with Crippen molar-refractivity contribution in [3.05, 3.63) is 61.3 Å². The Bertz CT molecular complexity index is 953. The second kappa shape index (κ2) is 8.43. The fraction of sp³-hybridized carbons (Fsp3) is 0.200. The first kappa shape index (κ1) is 19.9. The van der Waals surface area contributed by atoms with Crippen molar-refractivity contribution in [3.63, 3.8) is 0 Å². The van der Waals surface area contributed by atoms with Gasteiger partial charge in [-0.25, -0.2) is 9.79 Å². The van der Waals surface area contributed by atoms with Crippen LogP contribution in [0.15, 0.2) is 51.6 Å². The van der Waals surface area contributed by atoms with E-state index in [-0.39, 0.29) is 17.7 Å². The van der Waals surface area contributed by atoms with E-state index in [1.165, 1.54) is 0 Å². The highest BCUT2D eigenvalue weighted by atomic mass is 127. The zero-order chi connectivity index (χ0) is 19.6. The lowest BCUT2D eigenvalue weighted by molar-refractivity contribution is -0.129. The largest absolute Gasteiger partial charge is 0.493 e. The standard InChI is InChI=1S/C20H17BrINO4/c1-11(2)26-17-7-4-12(9-18(17)25-3)8-16-20(24)27-19(23-16)13-5-6-15(22)14(21)10-13/h4-11H,1-3H3/b16-8-. The third-order valence-electron chi connectivity index (χ3n) is 3.64. The Kier molecular flexibility index (Phi) is 6.21. The molecular formula is C20H17BrINO4. The molecule has 0 aliphatic carbocycles. The van der Waals surface area contributed by atoms with Crippen molar-refractivity contribution in [2.24, 2.45) is 4.99 Å². The molecule has 140 valence electrons. The van der Waals surface area contributed by atoms with Gasteiger partial charge in [0.2, 0.25) is 5.90 Å². The Balaban J connectivity index is 1.91. The van der Waals surface area contributed by atoms with E-state index in [9.17, 15) is 4.79 Å². The molecular weight excluding hydrogens is 525 g/mol. The third kappa shape index (κ3) is 4.70. The number of ether oxygens (including phenoxy) is 3. The number of rotatable bonds is 5. The number of methoxy groups -OCH3 is 1. The second-order valence-electron chi connectivity index (χ2n) is 6.04. The molecule has 0 saturated heterocycles. The number of carbonyl (C=O) groups is 1. The number of cyclic esters (lactones) is 1. The summed E-state index contributed by atoms with van der Waals surface area (Å²) in [5.41, 5.74) is 1.74. The van der Waals surface area contributed by atoms with Crippen molar-refractivity contribution < 1.29 is 19.0 Å². The van der Waals surface area contributed by atoms with E-state index in [0.717, 1.165) is 19.2 Å². The average molecular weight is 542 g/mol. The topological polar surface area (TPSA) is 57.1 Å². The second-order valence-corrected chi connectivity index (χ2v) is 8.06. The van der Waals surface area contributed by atoms with Gasteiger partial charge in [0, 0.05) is 13.6 Å². The molecule has 0 N–H and O–H groups in total. The van der Waals surface area contributed by atoms with Crippen LogP contribution in [0.4, 0.5) is 0 Å². The predicted octanol–water partition coefficient (Wildman–Crippen LogP) is 5.19.